The van der Waals surface area contributed by atoms with E-state index < -0.39 is 55.1 Å². The summed E-state index contributed by atoms with van der Waals surface area (Å²) in [6, 6.07) is 11.4. The minimum atomic E-state index is -2.04. The van der Waals surface area contributed by atoms with Crippen molar-refractivity contribution in [3.63, 3.8) is 0 Å². The first-order valence-electron chi connectivity index (χ1n) is 7.87. The molecule has 3 heteroatoms. The van der Waals surface area contributed by atoms with Gasteiger partial charge in [-0.3, -0.25) is 0 Å². The van der Waals surface area contributed by atoms with Gasteiger partial charge in [-0.2, -0.15) is 0 Å². The molecule has 0 aliphatic rings. The van der Waals surface area contributed by atoms with E-state index in [9.17, 15) is 0 Å². The second kappa shape index (κ2) is 6.62. The Kier molecular flexibility index (Phi) is 6.51. The number of hydrogen-bond donors (Lipinski definition) is 0. The molecule has 1 rings (SSSR count). The molecular formula is C17H34Sn3. The van der Waals surface area contributed by atoms with Gasteiger partial charge < -0.3 is 0 Å². The Bertz CT molecular complexity index is 394. The Labute approximate surface area is 139 Å². The van der Waals surface area contributed by atoms with E-state index in [1.165, 1.54) is 6.42 Å². The van der Waals surface area contributed by atoms with Crippen LogP contribution in [-0.4, -0.2) is 55.1 Å². The third-order valence-electron chi connectivity index (χ3n) is 5.15. The van der Waals surface area contributed by atoms with Crippen molar-refractivity contribution in [3.8, 4) is 0 Å². The minimum absolute atomic E-state index is 0.847. The molecule has 0 amide bonds. The fraction of sp³-hybridized carbons (Fsp3) is 0.647. The van der Waals surface area contributed by atoms with Crippen LogP contribution in [0.15, 0.2) is 30.3 Å². The summed E-state index contributed by atoms with van der Waals surface area (Å²) in [5.74, 6) is 0. The van der Waals surface area contributed by atoms with E-state index in [0.717, 1.165) is -0.537 Å². The van der Waals surface area contributed by atoms with Crippen molar-refractivity contribution in [1.82, 2.24) is 0 Å². The summed E-state index contributed by atoms with van der Waals surface area (Å²) in [6.07, 6.45) is 1.41. The zero-order valence-electron chi connectivity index (χ0n) is 15.1. The van der Waals surface area contributed by atoms with Gasteiger partial charge in [0, 0.05) is 0 Å². The van der Waals surface area contributed by atoms with E-state index in [-0.39, 0.29) is 0 Å². The van der Waals surface area contributed by atoms with Crippen LogP contribution in [-0.2, 0) is 6.42 Å². The predicted octanol–water partition coefficient (Wildman–Crippen LogP) is 6.06. The van der Waals surface area contributed by atoms with Crippen molar-refractivity contribution in [2.24, 2.45) is 0 Å². The van der Waals surface area contributed by atoms with Gasteiger partial charge in [0.2, 0.25) is 0 Å². The molecule has 0 saturated heterocycles. The second-order valence-corrected chi connectivity index (χ2v) is 67.4. The number of rotatable bonds is 5. The van der Waals surface area contributed by atoms with Crippen LogP contribution in [0.2, 0.25) is 43.9 Å². The van der Waals surface area contributed by atoms with E-state index in [4.69, 9.17) is 0 Å². The van der Waals surface area contributed by atoms with E-state index >= 15 is 0 Å². The molecule has 0 spiro atoms. The van der Waals surface area contributed by atoms with Crippen LogP contribution in [0.25, 0.3) is 0 Å². The van der Waals surface area contributed by atoms with Gasteiger partial charge in [0.1, 0.15) is 0 Å². The first-order chi connectivity index (χ1) is 8.83. The molecule has 1 aromatic carbocycles. The van der Waals surface area contributed by atoms with E-state index in [1.807, 2.05) is 0 Å². The summed E-state index contributed by atoms with van der Waals surface area (Å²) < 4.78 is 0.847. The van der Waals surface area contributed by atoms with Crippen LogP contribution in [0.3, 0.4) is 0 Å². The molecule has 0 N–H and O–H groups in total. The molecule has 0 nitrogen and oxygen atoms in total. The van der Waals surface area contributed by atoms with Gasteiger partial charge in [-0.15, -0.1) is 0 Å². The molecular weight excluding hydrogens is 560 g/mol. The predicted molar refractivity (Wildman–Crippen MR) is 103 cm³/mol. The van der Waals surface area contributed by atoms with Gasteiger partial charge in [-0.1, -0.05) is 0 Å². The molecule has 114 valence electrons. The summed E-state index contributed by atoms with van der Waals surface area (Å²) in [7, 11) is 0. The van der Waals surface area contributed by atoms with Gasteiger partial charge in [-0.25, -0.2) is 0 Å². The Morgan fingerprint density at radius 3 is 1.30 bits per heavy atom. The summed E-state index contributed by atoms with van der Waals surface area (Å²) in [5, 5.41) is 0. The van der Waals surface area contributed by atoms with E-state index in [0.29, 0.717) is 0 Å². The van der Waals surface area contributed by atoms with Crippen molar-refractivity contribution >= 4 is 55.1 Å². The van der Waals surface area contributed by atoms with Gasteiger partial charge in [-0.05, 0) is 0 Å². The molecule has 20 heavy (non-hydrogen) atoms. The molecule has 0 saturated carbocycles. The van der Waals surface area contributed by atoms with Gasteiger partial charge in [0.15, 0.2) is 0 Å². The maximum atomic E-state index is 2.72. The summed E-state index contributed by atoms with van der Waals surface area (Å²) >= 11 is -6.11. The van der Waals surface area contributed by atoms with Crippen LogP contribution in [0.1, 0.15) is 5.56 Å². The third-order valence-corrected chi connectivity index (χ3v) is 115. The fourth-order valence-corrected chi connectivity index (χ4v) is 160. The average Bonchev–Trinajstić information content (AvgIpc) is 2.22. The normalized spacial score (nSPS) is 14.4. The van der Waals surface area contributed by atoms with E-state index in [2.05, 4.69) is 74.8 Å². The maximum absolute atomic E-state index is 2.72. The Hall–Kier alpha value is 1.62. The molecule has 0 fully saturated rings. The molecule has 0 radical (unpaired) electrons. The SMILES string of the molecule is [CH3][Sn]([CH3])([CH3])[C](Cc1ccccc1)([Sn]([CH3])([CH3])[CH3])[Sn]([CH3])([CH3])[CH3]. The molecule has 0 aliphatic heterocycles. The zero-order valence-corrected chi connectivity index (χ0v) is 23.7. The molecule has 0 bridgehead atoms. The van der Waals surface area contributed by atoms with Gasteiger partial charge in [0.05, 0.1) is 0 Å². The standard InChI is InChI=1S/C8H7.9CH3.3Sn/c1-2-8-6-4-3-5-7-8;;;;;;;;;;;;/h3-7H,2H2;9*1H3;;;. The summed E-state index contributed by atoms with van der Waals surface area (Å²) in [6.45, 7) is 0. The number of hydrogen-bond acceptors (Lipinski definition) is 0. The van der Waals surface area contributed by atoms with Crippen LogP contribution in [0, 0.1) is 0 Å². The Balaban J connectivity index is 3.48. The van der Waals surface area contributed by atoms with Crippen molar-refractivity contribution < 1.29 is 0 Å². The quantitative estimate of drug-likeness (QED) is 0.364. The molecule has 0 heterocycles. The molecule has 0 atom stereocenters. The molecule has 0 aromatic heterocycles. The third kappa shape index (κ3) is 3.93. The van der Waals surface area contributed by atoms with Gasteiger partial charge >= 0.3 is 141 Å². The van der Waals surface area contributed by atoms with Crippen molar-refractivity contribution in [2.45, 2.75) is 50.3 Å². The van der Waals surface area contributed by atoms with Crippen LogP contribution < -0.4 is 0 Å². The Morgan fingerprint density at radius 2 is 1.00 bits per heavy atom. The second-order valence-electron chi connectivity index (χ2n) is 9.32. The van der Waals surface area contributed by atoms with Crippen molar-refractivity contribution in [3.05, 3.63) is 35.9 Å². The van der Waals surface area contributed by atoms with Crippen LogP contribution >= 0.6 is 0 Å². The van der Waals surface area contributed by atoms with E-state index in [1.54, 1.807) is 5.56 Å². The van der Waals surface area contributed by atoms with Crippen LogP contribution in [0.5, 0.6) is 0 Å². The first-order valence-corrected chi connectivity index (χ1v) is 37.8. The first kappa shape index (κ1) is 19.7. The topological polar surface area (TPSA) is 0 Å². The molecule has 0 aliphatic carbocycles. The molecule has 0 unspecified atom stereocenters. The molecule has 1 aromatic rings. The van der Waals surface area contributed by atoms with Crippen molar-refractivity contribution in [2.75, 3.05) is 0 Å². The summed E-state index contributed by atoms with van der Waals surface area (Å²) in [4.78, 5) is 24.5. The fourth-order valence-electron chi connectivity index (χ4n) is 5.07. The average molecular weight is 595 g/mol. The number of benzene rings is 1. The van der Waals surface area contributed by atoms with Crippen molar-refractivity contribution in [1.29, 1.82) is 0 Å². The zero-order chi connectivity index (χ0) is 15.8. The Morgan fingerprint density at radius 1 is 0.650 bits per heavy atom. The van der Waals surface area contributed by atoms with Gasteiger partial charge in [0.25, 0.3) is 0 Å². The monoisotopic (exact) mass is 598 g/mol. The summed E-state index contributed by atoms with van der Waals surface area (Å²) in [5.41, 5.74) is 1.61. The van der Waals surface area contributed by atoms with Crippen LogP contribution in [0.4, 0.5) is 0 Å².